The van der Waals surface area contributed by atoms with Crippen LogP contribution >= 0.6 is 0 Å². The van der Waals surface area contributed by atoms with E-state index in [4.69, 9.17) is 4.84 Å². The van der Waals surface area contributed by atoms with Gasteiger partial charge in [-0.25, -0.2) is 5.48 Å². The minimum atomic E-state index is -0.149. The third-order valence-electron chi connectivity index (χ3n) is 3.63. The number of benzene rings is 2. The molecule has 0 aliphatic carbocycles. The molecule has 4 heteroatoms. The predicted octanol–water partition coefficient (Wildman–Crippen LogP) is 3.27. The second-order valence-electron chi connectivity index (χ2n) is 5.25. The number of hydroxylamine groups is 1. The molecule has 0 radical (unpaired) electrons. The van der Waals surface area contributed by atoms with E-state index in [0.29, 0.717) is 13.0 Å². The minimum Gasteiger partial charge on any atom is -0.358 e. The Labute approximate surface area is 129 Å². The Kier molecular flexibility index (Phi) is 4.21. The van der Waals surface area contributed by atoms with Gasteiger partial charge in [0.1, 0.15) is 0 Å². The second kappa shape index (κ2) is 6.45. The minimum absolute atomic E-state index is 0.149. The maximum absolute atomic E-state index is 12.0. The van der Waals surface area contributed by atoms with Crippen molar-refractivity contribution in [3.63, 3.8) is 0 Å². The van der Waals surface area contributed by atoms with Crippen LogP contribution in [0.1, 0.15) is 16.8 Å². The van der Waals surface area contributed by atoms with Crippen LogP contribution in [0.3, 0.4) is 0 Å². The Morgan fingerprint density at radius 2 is 1.82 bits per heavy atom. The molecule has 0 saturated heterocycles. The Hall–Kier alpha value is -2.59. The molecular weight excluding hydrogens is 276 g/mol. The van der Waals surface area contributed by atoms with E-state index < -0.39 is 0 Å². The molecule has 0 spiro atoms. The van der Waals surface area contributed by atoms with Gasteiger partial charge in [0.2, 0.25) is 5.91 Å². The van der Waals surface area contributed by atoms with Crippen molar-refractivity contribution in [2.45, 2.75) is 20.0 Å². The SMILES string of the molecule is Cc1[nH]c2ccccc2c1CC(=O)NOCc1ccccc1. The summed E-state index contributed by atoms with van der Waals surface area (Å²) >= 11 is 0. The standard InChI is InChI=1S/C18H18N2O2/c1-13-16(15-9-5-6-10-17(15)19-13)11-18(21)20-22-12-14-7-3-2-4-8-14/h2-10,19H,11-12H2,1H3,(H,20,21). The number of aryl methyl sites for hydroxylation is 1. The van der Waals surface area contributed by atoms with Crippen LogP contribution in [0.5, 0.6) is 0 Å². The monoisotopic (exact) mass is 294 g/mol. The first-order valence-corrected chi connectivity index (χ1v) is 7.25. The molecule has 1 heterocycles. The van der Waals surface area contributed by atoms with Crippen LogP contribution in [0, 0.1) is 6.92 Å². The molecule has 0 saturated carbocycles. The summed E-state index contributed by atoms with van der Waals surface area (Å²) in [5.74, 6) is -0.149. The van der Waals surface area contributed by atoms with E-state index in [-0.39, 0.29) is 5.91 Å². The summed E-state index contributed by atoms with van der Waals surface area (Å²) in [5, 5.41) is 1.08. The third kappa shape index (κ3) is 3.18. The van der Waals surface area contributed by atoms with Gasteiger partial charge in [-0.05, 0) is 24.1 Å². The van der Waals surface area contributed by atoms with Crippen molar-refractivity contribution in [2.75, 3.05) is 0 Å². The van der Waals surface area contributed by atoms with Gasteiger partial charge in [0.15, 0.2) is 0 Å². The fourth-order valence-corrected chi connectivity index (χ4v) is 2.53. The molecule has 1 amide bonds. The molecule has 1 aromatic heterocycles. The van der Waals surface area contributed by atoms with Crippen LogP contribution in [0.15, 0.2) is 54.6 Å². The molecule has 112 valence electrons. The number of para-hydroxylation sites is 1. The first-order valence-electron chi connectivity index (χ1n) is 7.25. The predicted molar refractivity (Wildman–Crippen MR) is 86.1 cm³/mol. The van der Waals surface area contributed by atoms with E-state index in [2.05, 4.69) is 10.5 Å². The Morgan fingerprint density at radius 1 is 1.09 bits per heavy atom. The van der Waals surface area contributed by atoms with Crippen molar-refractivity contribution in [2.24, 2.45) is 0 Å². The number of amides is 1. The van der Waals surface area contributed by atoms with Gasteiger partial charge in [-0.3, -0.25) is 9.63 Å². The number of fused-ring (bicyclic) bond motifs is 1. The van der Waals surface area contributed by atoms with Gasteiger partial charge in [0.05, 0.1) is 13.0 Å². The molecule has 4 nitrogen and oxygen atoms in total. The summed E-state index contributed by atoms with van der Waals surface area (Å²) in [6, 6.07) is 17.7. The van der Waals surface area contributed by atoms with Crippen LogP contribution < -0.4 is 5.48 Å². The van der Waals surface area contributed by atoms with Gasteiger partial charge in [0.25, 0.3) is 0 Å². The molecule has 3 rings (SSSR count). The summed E-state index contributed by atoms with van der Waals surface area (Å²) in [5.41, 5.74) is 6.60. The molecular formula is C18H18N2O2. The third-order valence-corrected chi connectivity index (χ3v) is 3.63. The fraction of sp³-hybridized carbons (Fsp3) is 0.167. The summed E-state index contributed by atoms with van der Waals surface area (Å²) in [6.45, 7) is 2.34. The summed E-state index contributed by atoms with van der Waals surface area (Å²) in [6.07, 6.45) is 0.296. The summed E-state index contributed by atoms with van der Waals surface area (Å²) < 4.78 is 0. The molecule has 0 aliphatic rings. The zero-order valence-electron chi connectivity index (χ0n) is 12.4. The van der Waals surface area contributed by atoms with Gasteiger partial charge < -0.3 is 4.98 Å². The Balaban J connectivity index is 1.60. The highest BCUT2D eigenvalue weighted by molar-refractivity contribution is 5.89. The highest BCUT2D eigenvalue weighted by Gasteiger charge is 2.12. The Morgan fingerprint density at radius 3 is 2.64 bits per heavy atom. The average molecular weight is 294 g/mol. The molecule has 0 fully saturated rings. The van der Waals surface area contributed by atoms with Crippen LogP contribution in [-0.2, 0) is 22.7 Å². The molecule has 0 atom stereocenters. The number of aromatic amines is 1. The zero-order valence-corrected chi connectivity index (χ0v) is 12.4. The first-order chi connectivity index (χ1) is 10.7. The molecule has 22 heavy (non-hydrogen) atoms. The number of rotatable bonds is 5. The van der Waals surface area contributed by atoms with Gasteiger partial charge in [-0.1, -0.05) is 48.5 Å². The zero-order chi connectivity index (χ0) is 15.4. The molecule has 2 aromatic carbocycles. The van der Waals surface area contributed by atoms with Gasteiger partial charge >= 0.3 is 0 Å². The van der Waals surface area contributed by atoms with Crippen LogP contribution in [-0.4, -0.2) is 10.9 Å². The molecule has 2 N–H and O–H groups in total. The lowest BCUT2D eigenvalue weighted by Crippen LogP contribution is -2.25. The maximum atomic E-state index is 12.0. The number of carbonyl (C=O) groups excluding carboxylic acids is 1. The van der Waals surface area contributed by atoms with E-state index in [9.17, 15) is 4.79 Å². The second-order valence-corrected chi connectivity index (χ2v) is 5.25. The van der Waals surface area contributed by atoms with Gasteiger partial charge in [-0.15, -0.1) is 0 Å². The number of nitrogens with one attached hydrogen (secondary N) is 2. The van der Waals surface area contributed by atoms with Crippen molar-refractivity contribution < 1.29 is 9.63 Å². The van der Waals surface area contributed by atoms with E-state index in [1.807, 2.05) is 61.5 Å². The number of carbonyl (C=O) groups is 1. The van der Waals surface area contributed by atoms with Crippen molar-refractivity contribution in [3.8, 4) is 0 Å². The van der Waals surface area contributed by atoms with Crippen molar-refractivity contribution >= 4 is 16.8 Å². The topological polar surface area (TPSA) is 54.1 Å². The summed E-state index contributed by atoms with van der Waals surface area (Å²) in [4.78, 5) is 20.6. The van der Waals surface area contributed by atoms with Gasteiger partial charge in [-0.2, -0.15) is 0 Å². The van der Waals surface area contributed by atoms with E-state index in [1.165, 1.54) is 0 Å². The van der Waals surface area contributed by atoms with E-state index in [1.54, 1.807) is 0 Å². The van der Waals surface area contributed by atoms with Crippen molar-refractivity contribution in [1.29, 1.82) is 0 Å². The van der Waals surface area contributed by atoms with E-state index in [0.717, 1.165) is 27.7 Å². The summed E-state index contributed by atoms with van der Waals surface area (Å²) in [7, 11) is 0. The number of hydrogen-bond acceptors (Lipinski definition) is 2. The fourth-order valence-electron chi connectivity index (χ4n) is 2.53. The lowest BCUT2D eigenvalue weighted by molar-refractivity contribution is -0.133. The van der Waals surface area contributed by atoms with Crippen LogP contribution in [0.2, 0.25) is 0 Å². The smallest absolute Gasteiger partial charge is 0.248 e. The quantitative estimate of drug-likeness (QED) is 0.710. The van der Waals surface area contributed by atoms with E-state index >= 15 is 0 Å². The van der Waals surface area contributed by atoms with Crippen molar-refractivity contribution in [1.82, 2.24) is 10.5 Å². The van der Waals surface area contributed by atoms with Crippen LogP contribution in [0.25, 0.3) is 10.9 Å². The highest BCUT2D eigenvalue weighted by atomic mass is 16.6. The highest BCUT2D eigenvalue weighted by Crippen LogP contribution is 2.22. The molecule has 0 aliphatic heterocycles. The largest absolute Gasteiger partial charge is 0.358 e. The van der Waals surface area contributed by atoms with Gasteiger partial charge in [0, 0.05) is 16.6 Å². The lowest BCUT2D eigenvalue weighted by Gasteiger charge is -2.06. The number of H-pyrrole nitrogens is 1. The number of aromatic nitrogens is 1. The number of hydrogen-bond donors (Lipinski definition) is 2. The molecule has 0 unspecified atom stereocenters. The maximum Gasteiger partial charge on any atom is 0.248 e. The first kappa shape index (κ1) is 14.4. The molecule has 3 aromatic rings. The normalized spacial score (nSPS) is 10.8. The lowest BCUT2D eigenvalue weighted by atomic mass is 10.1. The Bertz CT molecular complexity index is 778. The van der Waals surface area contributed by atoms with Crippen LogP contribution in [0.4, 0.5) is 0 Å². The van der Waals surface area contributed by atoms with Crippen molar-refractivity contribution in [3.05, 3.63) is 71.4 Å². The average Bonchev–Trinajstić information content (AvgIpc) is 2.84. The molecule has 0 bridgehead atoms.